The maximum atomic E-state index is 11.6. The zero-order chi connectivity index (χ0) is 12.1. The van der Waals surface area contributed by atoms with Crippen LogP contribution in [-0.2, 0) is 11.3 Å². The van der Waals surface area contributed by atoms with Crippen LogP contribution in [0, 0.1) is 0 Å². The zero-order valence-corrected chi connectivity index (χ0v) is 9.93. The quantitative estimate of drug-likeness (QED) is 0.810. The molecule has 0 spiro atoms. The highest BCUT2D eigenvalue weighted by Crippen LogP contribution is 2.27. The summed E-state index contributed by atoms with van der Waals surface area (Å²) in [6.07, 6.45) is 9.86. The van der Waals surface area contributed by atoms with Crippen LogP contribution in [0.2, 0.25) is 0 Å². The van der Waals surface area contributed by atoms with Gasteiger partial charge in [0.05, 0.1) is 11.9 Å². The van der Waals surface area contributed by atoms with Gasteiger partial charge in [0.2, 0.25) is 5.91 Å². The fraction of sp³-hybridized carbons (Fsp3) is 0.667. The summed E-state index contributed by atoms with van der Waals surface area (Å²) in [5.74, 6) is -0.0815. The average Bonchev–Trinajstić information content (AvgIpc) is 2.80. The number of aliphatic hydroxyl groups is 1. The van der Waals surface area contributed by atoms with Crippen molar-refractivity contribution in [3.63, 3.8) is 0 Å². The van der Waals surface area contributed by atoms with Crippen LogP contribution in [0.25, 0.3) is 0 Å². The summed E-state index contributed by atoms with van der Waals surface area (Å²) >= 11 is 0. The summed E-state index contributed by atoms with van der Waals surface area (Å²) in [5.41, 5.74) is -0.692. The van der Waals surface area contributed by atoms with Crippen LogP contribution < -0.4 is 5.32 Å². The van der Waals surface area contributed by atoms with Crippen LogP contribution in [0.4, 0.5) is 0 Å². The van der Waals surface area contributed by atoms with Crippen LogP contribution in [0.5, 0.6) is 0 Å². The van der Waals surface area contributed by atoms with E-state index in [9.17, 15) is 9.90 Å². The SMILES string of the molecule is O=C(Cn1ccnc1)NCC1(O)CCCCC1. The molecule has 0 unspecified atom stereocenters. The van der Waals surface area contributed by atoms with Gasteiger partial charge >= 0.3 is 0 Å². The van der Waals surface area contributed by atoms with Gasteiger partial charge in [-0.15, -0.1) is 0 Å². The fourth-order valence-electron chi connectivity index (χ4n) is 2.25. The Labute approximate surface area is 101 Å². The highest BCUT2D eigenvalue weighted by atomic mass is 16.3. The first-order valence-corrected chi connectivity index (χ1v) is 6.13. The molecule has 0 radical (unpaired) electrons. The molecule has 0 bridgehead atoms. The molecule has 0 saturated heterocycles. The molecule has 1 aromatic heterocycles. The lowest BCUT2D eigenvalue weighted by Crippen LogP contribution is -2.44. The third-order valence-electron chi connectivity index (χ3n) is 3.28. The maximum absolute atomic E-state index is 11.6. The lowest BCUT2D eigenvalue weighted by Gasteiger charge is -2.32. The minimum atomic E-state index is -0.692. The van der Waals surface area contributed by atoms with E-state index in [0.717, 1.165) is 25.7 Å². The number of carbonyl (C=O) groups excluding carboxylic acids is 1. The number of aromatic nitrogens is 2. The van der Waals surface area contributed by atoms with E-state index in [4.69, 9.17) is 0 Å². The molecule has 2 N–H and O–H groups in total. The molecule has 1 aliphatic carbocycles. The molecule has 0 atom stereocenters. The Morgan fingerprint density at radius 1 is 1.41 bits per heavy atom. The van der Waals surface area contributed by atoms with Crippen LogP contribution >= 0.6 is 0 Å². The van der Waals surface area contributed by atoms with Gasteiger partial charge in [0.25, 0.3) is 0 Å². The van der Waals surface area contributed by atoms with Crippen molar-refractivity contribution in [2.45, 2.75) is 44.2 Å². The highest BCUT2D eigenvalue weighted by Gasteiger charge is 2.29. The van der Waals surface area contributed by atoms with E-state index in [1.807, 2.05) is 0 Å². The number of hydrogen-bond acceptors (Lipinski definition) is 3. The van der Waals surface area contributed by atoms with Crippen molar-refractivity contribution >= 4 is 5.91 Å². The molecule has 5 heteroatoms. The second kappa shape index (κ2) is 5.31. The van der Waals surface area contributed by atoms with Crippen molar-refractivity contribution in [3.8, 4) is 0 Å². The minimum absolute atomic E-state index is 0.0815. The van der Waals surface area contributed by atoms with Crippen molar-refractivity contribution in [1.29, 1.82) is 0 Å². The number of imidazole rings is 1. The summed E-state index contributed by atoms with van der Waals surface area (Å²) < 4.78 is 1.71. The summed E-state index contributed by atoms with van der Waals surface area (Å²) in [6.45, 7) is 0.622. The van der Waals surface area contributed by atoms with Crippen LogP contribution in [0.1, 0.15) is 32.1 Å². The van der Waals surface area contributed by atoms with Crippen molar-refractivity contribution in [2.24, 2.45) is 0 Å². The van der Waals surface area contributed by atoms with E-state index in [2.05, 4.69) is 10.3 Å². The standard InChI is InChI=1S/C12H19N3O2/c16-11(8-15-7-6-13-10-15)14-9-12(17)4-2-1-3-5-12/h6-7,10,17H,1-5,8-9H2,(H,14,16). The largest absolute Gasteiger partial charge is 0.388 e. The van der Waals surface area contributed by atoms with Gasteiger partial charge in [0.1, 0.15) is 6.54 Å². The van der Waals surface area contributed by atoms with Crippen molar-refractivity contribution < 1.29 is 9.90 Å². The number of carbonyl (C=O) groups is 1. The second-order valence-corrected chi connectivity index (χ2v) is 4.80. The first kappa shape index (κ1) is 12.1. The number of amides is 1. The summed E-state index contributed by atoms with van der Waals surface area (Å²) in [6, 6.07) is 0. The molecule has 94 valence electrons. The van der Waals surface area contributed by atoms with Crippen LogP contribution in [0.3, 0.4) is 0 Å². The van der Waals surface area contributed by atoms with Gasteiger partial charge in [-0.25, -0.2) is 4.98 Å². The summed E-state index contributed by atoms with van der Waals surface area (Å²) in [4.78, 5) is 15.5. The fourth-order valence-corrected chi connectivity index (χ4v) is 2.25. The Hall–Kier alpha value is -1.36. The van der Waals surface area contributed by atoms with E-state index in [0.29, 0.717) is 6.54 Å². The molecule has 1 fully saturated rings. The molecule has 1 amide bonds. The Morgan fingerprint density at radius 3 is 2.82 bits per heavy atom. The highest BCUT2D eigenvalue weighted by molar-refractivity contribution is 5.75. The summed E-state index contributed by atoms with van der Waals surface area (Å²) in [7, 11) is 0. The van der Waals surface area contributed by atoms with E-state index in [1.54, 1.807) is 23.3 Å². The van der Waals surface area contributed by atoms with E-state index in [-0.39, 0.29) is 12.5 Å². The van der Waals surface area contributed by atoms with Gasteiger partial charge in [0.15, 0.2) is 0 Å². The molecular formula is C12H19N3O2. The summed E-state index contributed by atoms with van der Waals surface area (Å²) in [5, 5.41) is 13.0. The monoisotopic (exact) mass is 237 g/mol. The third kappa shape index (κ3) is 3.56. The molecule has 1 aliphatic rings. The van der Waals surface area contributed by atoms with Gasteiger partial charge in [-0.1, -0.05) is 19.3 Å². The Bertz CT molecular complexity index is 356. The van der Waals surface area contributed by atoms with Crippen molar-refractivity contribution in [2.75, 3.05) is 6.54 Å². The molecule has 5 nitrogen and oxygen atoms in total. The zero-order valence-electron chi connectivity index (χ0n) is 9.93. The third-order valence-corrected chi connectivity index (χ3v) is 3.28. The molecule has 0 aromatic carbocycles. The maximum Gasteiger partial charge on any atom is 0.240 e. The van der Waals surface area contributed by atoms with Crippen LogP contribution in [-0.4, -0.2) is 32.7 Å². The van der Waals surface area contributed by atoms with Gasteiger partial charge in [0, 0.05) is 18.9 Å². The van der Waals surface area contributed by atoms with E-state index in [1.165, 1.54) is 6.42 Å². The van der Waals surface area contributed by atoms with Gasteiger partial charge in [-0.3, -0.25) is 4.79 Å². The molecule has 1 saturated carbocycles. The van der Waals surface area contributed by atoms with Gasteiger partial charge in [-0.2, -0.15) is 0 Å². The number of rotatable bonds is 4. The molecule has 0 aliphatic heterocycles. The lowest BCUT2D eigenvalue weighted by atomic mass is 9.85. The molecule has 1 aromatic rings. The number of hydrogen-bond donors (Lipinski definition) is 2. The first-order chi connectivity index (χ1) is 8.18. The predicted octanol–water partition coefficient (Wildman–Crippen LogP) is 0.694. The van der Waals surface area contributed by atoms with Crippen molar-refractivity contribution in [1.82, 2.24) is 14.9 Å². The molecule has 17 heavy (non-hydrogen) atoms. The second-order valence-electron chi connectivity index (χ2n) is 4.80. The van der Waals surface area contributed by atoms with Crippen LogP contribution in [0.15, 0.2) is 18.7 Å². The van der Waals surface area contributed by atoms with Gasteiger partial charge < -0.3 is 15.0 Å². The van der Waals surface area contributed by atoms with E-state index >= 15 is 0 Å². The predicted molar refractivity (Wildman–Crippen MR) is 63.3 cm³/mol. The minimum Gasteiger partial charge on any atom is -0.388 e. The average molecular weight is 237 g/mol. The molecular weight excluding hydrogens is 218 g/mol. The molecule has 1 heterocycles. The number of nitrogens with one attached hydrogen (secondary N) is 1. The Morgan fingerprint density at radius 2 is 2.18 bits per heavy atom. The topological polar surface area (TPSA) is 67.2 Å². The van der Waals surface area contributed by atoms with E-state index < -0.39 is 5.60 Å². The molecule has 2 rings (SSSR count). The first-order valence-electron chi connectivity index (χ1n) is 6.13. The Kier molecular flexibility index (Phi) is 3.78. The Balaban J connectivity index is 1.75. The van der Waals surface area contributed by atoms with Crippen molar-refractivity contribution in [3.05, 3.63) is 18.7 Å². The van der Waals surface area contributed by atoms with Gasteiger partial charge in [-0.05, 0) is 12.8 Å². The number of nitrogens with zero attached hydrogens (tertiary/aromatic N) is 2. The smallest absolute Gasteiger partial charge is 0.240 e. The lowest BCUT2D eigenvalue weighted by molar-refractivity contribution is -0.123. The normalized spacial score (nSPS) is 18.9.